The van der Waals surface area contributed by atoms with E-state index in [4.69, 9.17) is 0 Å². The number of unbranched alkanes of at least 4 members (excludes halogenated alkanes) is 1. The van der Waals surface area contributed by atoms with E-state index in [1.165, 1.54) is 18.2 Å². The zero-order valence-electron chi connectivity index (χ0n) is 12.9. The first-order valence-corrected chi connectivity index (χ1v) is 7.56. The molecule has 0 heterocycles. The molecule has 0 atom stereocenters. The molecular formula is C18H19FN2O2. The SMILES string of the molecule is CCCCC(=O)Nc1cccc(NC(=O)c2ccccc2F)c1. The highest BCUT2D eigenvalue weighted by atomic mass is 19.1. The molecule has 0 saturated heterocycles. The van der Waals surface area contributed by atoms with Gasteiger partial charge in [0.05, 0.1) is 5.56 Å². The fraction of sp³-hybridized carbons (Fsp3) is 0.222. The molecule has 2 aromatic rings. The van der Waals surface area contributed by atoms with Crippen LogP contribution in [0.2, 0.25) is 0 Å². The maximum atomic E-state index is 13.6. The summed E-state index contributed by atoms with van der Waals surface area (Å²) in [5, 5.41) is 5.40. The van der Waals surface area contributed by atoms with Crippen LogP contribution in [0, 0.1) is 5.82 Å². The topological polar surface area (TPSA) is 58.2 Å². The molecule has 0 bridgehead atoms. The lowest BCUT2D eigenvalue weighted by atomic mass is 10.2. The van der Waals surface area contributed by atoms with Gasteiger partial charge in [-0.1, -0.05) is 31.5 Å². The Morgan fingerprint density at radius 2 is 1.70 bits per heavy atom. The number of rotatable bonds is 6. The van der Waals surface area contributed by atoms with Gasteiger partial charge in [0.2, 0.25) is 5.91 Å². The van der Waals surface area contributed by atoms with Crippen LogP contribution in [-0.2, 0) is 4.79 Å². The fourth-order valence-corrected chi connectivity index (χ4v) is 2.08. The molecule has 2 amide bonds. The maximum Gasteiger partial charge on any atom is 0.258 e. The van der Waals surface area contributed by atoms with Crippen LogP contribution in [0.1, 0.15) is 36.5 Å². The van der Waals surface area contributed by atoms with Gasteiger partial charge in [0, 0.05) is 17.8 Å². The Labute approximate surface area is 134 Å². The molecule has 0 spiro atoms. The van der Waals surface area contributed by atoms with Crippen molar-refractivity contribution in [3.8, 4) is 0 Å². The minimum Gasteiger partial charge on any atom is -0.326 e. The third kappa shape index (κ3) is 4.92. The van der Waals surface area contributed by atoms with E-state index in [1.54, 1.807) is 30.3 Å². The number of amides is 2. The summed E-state index contributed by atoms with van der Waals surface area (Å²) < 4.78 is 13.6. The Kier molecular flexibility index (Phi) is 5.86. The van der Waals surface area contributed by atoms with Crippen LogP contribution in [0.25, 0.3) is 0 Å². The van der Waals surface area contributed by atoms with Crippen molar-refractivity contribution in [2.24, 2.45) is 0 Å². The first kappa shape index (κ1) is 16.7. The van der Waals surface area contributed by atoms with Gasteiger partial charge in [-0.05, 0) is 36.8 Å². The summed E-state index contributed by atoms with van der Waals surface area (Å²) in [6.07, 6.45) is 2.24. The molecule has 2 N–H and O–H groups in total. The Morgan fingerprint density at radius 1 is 1.00 bits per heavy atom. The summed E-state index contributed by atoms with van der Waals surface area (Å²) in [6, 6.07) is 12.6. The van der Waals surface area contributed by atoms with E-state index in [0.29, 0.717) is 17.8 Å². The summed E-state index contributed by atoms with van der Waals surface area (Å²) in [5.41, 5.74) is 1.06. The average molecular weight is 314 g/mol. The largest absolute Gasteiger partial charge is 0.326 e. The Balaban J connectivity index is 2.04. The molecule has 5 heteroatoms. The number of benzene rings is 2. The lowest BCUT2D eigenvalue weighted by Gasteiger charge is -2.09. The number of nitrogens with one attached hydrogen (secondary N) is 2. The predicted octanol–water partition coefficient (Wildman–Crippen LogP) is 4.21. The zero-order valence-corrected chi connectivity index (χ0v) is 12.9. The van der Waals surface area contributed by atoms with Gasteiger partial charge in [-0.25, -0.2) is 4.39 Å². The third-order valence-corrected chi connectivity index (χ3v) is 3.28. The van der Waals surface area contributed by atoms with E-state index < -0.39 is 11.7 Å². The van der Waals surface area contributed by atoms with Crippen molar-refractivity contribution in [2.75, 3.05) is 10.6 Å². The standard InChI is InChI=1S/C18H19FN2O2/c1-2-3-11-17(22)20-13-7-6-8-14(12-13)21-18(23)15-9-4-5-10-16(15)19/h4-10,12H,2-3,11H2,1H3,(H,20,22)(H,21,23). The molecule has 0 radical (unpaired) electrons. The van der Waals surface area contributed by atoms with Crippen molar-refractivity contribution >= 4 is 23.2 Å². The van der Waals surface area contributed by atoms with Crippen LogP contribution in [0.15, 0.2) is 48.5 Å². The molecule has 2 rings (SSSR count). The summed E-state index contributed by atoms with van der Waals surface area (Å²) in [4.78, 5) is 23.8. The van der Waals surface area contributed by atoms with Crippen LogP contribution >= 0.6 is 0 Å². The number of anilines is 2. The maximum absolute atomic E-state index is 13.6. The number of carbonyl (C=O) groups is 2. The second-order valence-electron chi connectivity index (χ2n) is 5.17. The zero-order chi connectivity index (χ0) is 16.7. The minimum absolute atomic E-state index is 0.0233. The van der Waals surface area contributed by atoms with Gasteiger partial charge in [0.1, 0.15) is 5.82 Å². The first-order valence-electron chi connectivity index (χ1n) is 7.56. The van der Waals surface area contributed by atoms with Crippen molar-refractivity contribution in [1.29, 1.82) is 0 Å². The summed E-state index contributed by atoms with van der Waals surface area (Å²) in [5.74, 6) is -1.17. The Bertz CT molecular complexity index is 701. The van der Waals surface area contributed by atoms with Gasteiger partial charge in [-0.15, -0.1) is 0 Å². The molecule has 0 aliphatic heterocycles. The van der Waals surface area contributed by atoms with Gasteiger partial charge >= 0.3 is 0 Å². The normalized spacial score (nSPS) is 10.2. The summed E-state index contributed by atoms with van der Waals surface area (Å²) >= 11 is 0. The molecule has 0 saturated carbocycles. The van der Waals surface area contributed by atoms with Gasteiger partial charge in [0.25, 0.3) is 5.91 Å². The first-order chi connectivity index (χ1) is 11.1. The number of halogens is 1. The van der Waals surface area contributed by atoms with Gasteiger partial charge < -0.3 is 10.6 Å². The van der Waals surface area contributed by atoms with Crippen LogP contribution in [0.5, 0.6) is 0 Å². The number of hydrogen-bond acceptors (Lipinski definition) is 2. The van der Waals surface area contributed by atoms with E-state index in [-0.39, 0.29) is 11.5 Å². The summed E-state index contributed by atoms with van der Waals surface area (Å²) in [7, 11) is 0. The second-order valence-corrected chi connectivity index (χ2v) is 5.17. The van der Waals surface area contributed by atoms with E-state index >= 15 is 0 Å². The smallest absolute Gasteiger partial charge is 0.258 e. The minimum atomic E-state index is -0.575. The molecule has 0 aliphatic carbocycles. The second kappa shape index (κ2) is 8.08. The van der Waals surface area contributed by atoms with Gasteiger partial charge in [0.15, 0.2) is 0 Å². The molecule has 0 aliphatic rings. The average Bonchev–Trinajstić information content (AvgIpc) is 2.53. The van der Waals surface area contributed by atoms with Crippen molar-refractivity contribution in [3.05, 3.63) is 59.9 Å². The van der Waals surface area contributed by atoms with E-state index in [0.717, 1.165) is 12.8 Å². The highest BCUT2D eigenvalue weighted by Gasteiger charge is 2.11. The quantitative estimate of drug-likeness (QED) is 0.839. The molecule has 4 nitrogen and oxygen atoms in total. The fourth-order valence-electron chi connectivity index (χ4n) is 2.08. The lowest BCUT2D eigenvalue weighted by Crippen LogP contribution is -2.14. The van der Waals surface area contributed by atoms with Crippen molar-refractivity contribution in [2.45, 2.75) is 26.2 Å². The molecule has 0 fully saturated rings. The monoisotopic (exact) mass is 314 g/mol. The van der Waals surface area contributed by atoms with E-state index in [1.807, 2.05) is 6.92 Å². The molecule has 23 heavy (non-hydrogen) atoms. The predicted molar refractivity (Wildman–Crippen MR) is 88.9 cm³/mol. The van der Waals surface area contributed by atoms with Crippen molar-refractivity contribution in [1.82, 2.24) is 0 Å². The Morgan fingerprint density at radius 3 is 2.39 bits per heavy atom. The molecule has 2 aromatic carbocycles. The van der Waals surface area contributed by atoms with Crippen molar-refractivity contribution in [3.63, 3.8) is 0 Å². The highest BCUT2D eigenvalue weighted by Crippen LogP contribution is 2.17. The van der Waals surface area contributed by atoms with Crippen LogP contribution in [-0.4, -0.2) is 11.8 Å². The highest BCUT2D eigenvalue weighted by molar-refractivity contribution is 6.04. The third-order valence-electron chi connectivity index (χ3n) is 3.28. The number of carbonyl (C=O) groups excluding carboxylic acids is 2. The number of hydrogen-bond donors (Lipinski definition) is 2. The molecule has 0 aromatic heterocycles. The van der Waals surface area contributed by atoms with Crippen LogP contribution in [0.4, 0.5) is 15.8 Å². The van der Waals surface area contributed by atoms with E-state index in [9.17, 15) is 14.0 Å². The molecule has 0 unspecified atom stereocenters. The van der Waals surface area contributed by atoms with Crippen molar-refractivity contribution < 1.29 is 14.0 Å². The van der Waals surface area contributed by atoms with Crippen LogP contribution in [0.3, 0.4) is 0 Å². The molecule has 120 valence electrons. The van der Waals surface area contributed by atoms with Gasteiger partial charge in [-0.3, -0.25) is 9.59 Å². The molecular weight excluding hydrogens is 295 g/mol. The van der Waals surface area contributed by atoms with E-state index in [2.05, 4.69) is 10.6 Å². The summed E-state index contributed by atoms with van der Waals surface area (Å²) in [6.45, 7) is 2.02. The Hall–Kier alpha value is -2.69. The van der Waals surface area contributed by atoms with Crippen LogP contribution < -0.4 is 10.6 Å². The van der Waals surface area contributed by atoms with Gasteiger partial charge in [-0.2, -0.15) is 0 Å². The lowest BCUT2D eigenvalue weighted by molar-refractivity contribution is -0.116.